The highest BCUT2D eigenvalue weighted by molar-refractivity contribution is 6.33. The van der Waals surface area contributed by atoms with E-state index in [1.54, 1.807) is 6.20 Å². The van der Waals surface area contributed by atoms with Crippen molar-refractivity contribution in [2.24, 2.45) is 0 Å². The molecule has 1 aromatic carbocycles. The van der Waals surface area contributed by atoms with E-state index >= 15 is 0 Å². The fraction of sp³-hybridized carbons (Fsp3) is 0.214. The molecule has 0 saturated heterocycles. The van der Waals surface area contributed by atoms with E-state index in [0.29, 0.717) is 0 Å². The van der Waals surface area contributed by atoms with Gasteiger partial charge in [0.15, 0.2) is 0 Å². The first-order valence-electron chi connectivity index (χ1n) is 5.62. The average molecular weight is 264 g/mol. The third kappa shape index (κ3) is 1.84. The molecule has 0 fully saturated rings. The van der Waals surface area contributed by atoms with Gasteiger partial charge in [0, 0.05) is 11.2 Å². The summed E-state index contributed by atoms with van der Waals surface area (Å²) >= 11 is 12.8. The monoisotopic (exact) mass is 263 g/mol. The van der Waals surface area contributed by atoms with Gasteiger partial charge in [-0.25, -0.2) is 0 Å². The van der Waals surface area contributed by atoms with Crippen molar-refractivity contribution < 1.29 is 0 Å². The molecule has 0 saturated carbocycles. The first-order valence-corrected chi connectivity index (χ1v) is 6.44. The quantitative estimate of drug-likeness (QED) is 0.651. The number of rotatable bonds is 0. The predicted molar refractivity (Wildman–Crippen MR) is 70.8 cm³/mol. The van der Waals surface area contributed by atoms with E-state index in [9.17, 15) is 0 Å². The summed E-state index contributed by atoms with van der Waals surface area (Å²) in [6.45, 7) is 0. The zero-order valence-corrected chi connectivity index (χ0v) is 10.7. The van der Waals surface area contributed by atoms with Gasteiger partial charge in [-0.15, -0.1) is 11.6 Å². The molecule has 1 aliphatic carbocycles. The van der Waals surface area contributed by atoms with Crippen LogP contribution in [0.5, 0.6) is 0 Å². The van der Waals surface area contributed by atoms with Gasteiger partial charge in [0.05, 0.1) is 5.69 Å². The standard InChI is InChI=1S/C14H11Cl2N/c15-11-5-1-3-9-6-7-10-4-2-8-17-14(10)13(16)12(9)11/h1-5,8,13H,6-7H2. The molecule has 1 aromatic heterocycles. The second-order valence-corrected chi connectivity index (χ2v) is 5.07. The first-order chi connectivity index (χ1) is 8.27. The Kier molecular flexibility index (Phi) is 2.81. The maximum atomic E-state index is 6.54. The van der Waals surface area contributed by atoms with Crippen LogP contribution in [0.15, 0.2) is 36.5 Å². The van der Waals surface area contributed by atoms with Crippen LogP contribution in [-0.2, 0) is 12.8 Å². The van der Waals surface area contributed by atoms with Crippen molar-refractivity contribution in [3.8, 4) is 0 Å². The Labute approximate surface area is 110 Å². The molecule has 3 heteroatoms. The van der Waals surface area contributed by atoms with Gasteiger partial charge in [-0.05, 0) is 41.7 Å². The zero-order valence-electron chi connectivity index (χ0n) is 9.16. The van der Waals surface area contributed by atoms with Crippen molar-refractivity contribution in [2.45, 2.75) is 18.2 Å². The molecule has 2 aromatic rings. The number of halogens is 2. The number of alkyl halides is 1. The van der Waals surface area contributed by atoms with Crippen LogP contribution in [0.4, 0.5) is 0 Å². The van der Waals surface area contributed by atoms with Crippen LogP contribution in [0.2, 0.25) is 5.02 Å². The van der Waals surface area contributed by atoms with Crippen molar-refractivity contribution in [1.82, 2.24) is 4.98 Å². The molecule has 0 bridgehead atoms. The fourth-order valence-corrected chi connectivity index (χ4v) is 3.19. The second-order valence-electron chi connectivity index (χ2n) is 4.22. The Morgan fingerprint density at radius 1 is 1.06 bits per heavy atom. The van der Waals surface area contributed by atoms with Crippen LogP contribution in [0.25, 0.3) is 0 Å². The molecule has 0 aliphatic heterocycles. The van der Waals surface area contributed by atoms with Crippen LogP contribution in [0.3, 0.4) is 0 Å². The number of nitrogens with zero attached hydrogens (tertiary/aromatic N) is 1. The normalized spacial score (nSPS) is 18.1. The van der Waals surface area contributed by atoms with Crippen LogP contribution >= 0.6 is 23.2 Å². The van der Waals surface area contributed by atoms with Crippen molar-refractivity contribution >= 4 is 23.2 Å². The van der Waals surface area contributed by atoms with Crippen LogP contribution in [-0.4, -0.2) is 4.98 Å². The van der Waals surface area contributed by atoms with Gasteiger partial charge in [-0.3, -0.25) is 4.98 Å². The molecular weight excluding hydrogens is 253 g/mol. The molecule has 86 valence electrons. The maximum Gasteiger partial charge on any atom is 0.103 e. The minimum Gasteiger partial charge on any atom is -0.259 e. The highest BCUT2D eigenvalue weighted by Gasteiger charge is 2.24. The van der Waals surface area contributed by atoms with E-state index in [1.807, 2.05) is 18.2 Å². The summed E-state index contributed by atoms with van der Waals surface area (Å²) in [5.74, 6) is 0. The number of hydrogen-bond acceptors (Lipinski definition) is 1. The van der Waals surface area contributed by atoms with Crippen molar-refractivity contribution in [2.75, 3.05) is 0 Å². The minimum atomic E-state index is -0.239. The molecule has 17 heavy (non-hydrogen) atoms. The third-order valence-electron chi connectivity index (χ3n) is 3.23. The van der Waals surface area contributed by atoms with Crippen LogP contribution < -0.4 is 0 Å². The average Bonchev–Trinajstić information content (AvgIpc) is 2.49. The van der Waals surface area contributed by atoms with Crippen LogP contribution in [0, 0.1) is 0 Å². The smallest absolute Gasteiger partial charge is 0.103 e. The van der Waals surface area contributed by atoms with Crippen LogP contribution in [0.1, 0.15) is 27.8 Å². The predicted octanol–water partition coefficient (Wildman–Crippen LogP) is 4.16. The lowest BCUT2D eigenvalue weighted by Gasteiger charge is -2.13. The summed E-state index contributed by atoms with van der Waals surface area (Å²) in [5.41, 5.74) is 4.42. The molecule has 3 rings (SSSR count). The highest BCUT2D eigenvalue weighted by Crippen LogP contribution is 2.39. The Morgan fingerprint density at radius 2 is 1.82 bits per heavy atom. The number of aromatic nitrogens is 1. The lowest BCUT2D eigenvalue weighted by molar-refractivity contribution is 0.950. The summed E-state index contributed by atoms with van der Waals surface area (Å²) in [6.07, 6.45) is 3.73. The first kappa shape index (κ1) is 11.1. The number of hydrogen-bond donors (Lipinski definition) is 0. The molecule has 1 atom stereocenters. The van der Waals surface area contributed by atoms with Gasteiger partial charge in [0.2, 0.25) is 0 Å². The largest absolute Gasteiger partial charge is 0.259 e. The number of aryl methyl sites for hydroxylation is 2. The Hall–Kier alpha value is -1.05. The summed E-state index contributed by atoms with van der Waals surface area (Å²) in [7, 11) is 0. The lowest BCUT2D eigenvalue weighted by atomic mass is 10.0. The van der Waals surface area contributed by atoms with Crippen molar-refractivity contribution in [1.29, 1.82) is 0 Å². The van der Waals surface area contributed by atoms with Gasteiger partial charge in [0.1, 0.15) is 5.38 Å². The van der Waals surface area contributed by atoms with Gasteiger partial charge in [-0.2, -0.15) is 0 Å². The molecule has 1 nitrogen and oxygen atoms in total. The minimum absolute atomic E-state index is 0.239. The molecule has 0 radical (unpaired) electrons. The summed E-state index contributed by atoms with van der Waals surface area (Å²) in [5, 5.41) is 0.499. The third-order valence-corrected chi connectivity index (χ3v) is 3.98. The highest BCUT2D eigenvalue weighted by atomic mass is 35.5. The van der Waals surface area contributed by atoms with Crippen molar-refractivity contribution in [3.05, 3.63) is 63.9 Å². The van der Waals surface area contributed by atoms with E-state index in [2.05, 4.69) is 17.1 Å². The molecule has 1 unspecified atom stereocenters. The number of benzene rings is 1. The molecule has 1 aliphatic rings. The molecule has 0 spiro atoms. The Bertz CT molecular complexity index is 566. The molecule has 1 heterocycles. The van der Waals surface area contributed by atoms with E-state index in [0.717, 1.165) is 29.1 Å². The van der Waals surface area contributed by atoms with E-state index in [1.165, 1.54) is 11.1 Å². The summed E-state index contributed by atoms with van der Waals surface area (Å²) < 4.78 is 0. The zero-order chi connectivity index (χ0) is 11.8. The van der Waals surface area contributed by atoms with E-state index in [4.69, 9.17) is 23.2 Å². The SMILES string of the molecule is Clc1cccc2c1C(Cl)c1ncccc1CC2. The summed E-state index contributed by atoms with van der Waals surface area (Å²) in [6, 6.07) is 10.0. The number of pyridine rings is 1. The van der Waals surface area contributed by atoms with E-state index in [-0.39, 0.29) is 5.38 Å². The summed E-state index contributed by atoms with van der Waals surface area (Å²) in [4.78, 5) is 4.41. The molecular formula is C14H11Cl2N. The topological polar surface area (TPSA) is 12.9 Å². The number of fused-ring (bicyclic) bond motifs is 2. The van der Waals surface area contributed by atoms with Gasteiger partial charge in [0.25, 0.3) is 0 Å². The maximum absolute atomic E-state index is 6.54. The second kappa shape index (κ2) is 4.32. The van der Waals surface area contributed by atoms with E-state index < -0.39 is 0 Å². The van der Waals surface area contributed by atoms with Gasteiger partial charge < -0.3 is 0 Å². The lowest BCUT2D eigenvalue weighted by Crippen LogP contribution is -2.00. The fourth-order valence-electron chi connectivity index (χ4n) is 2.38. The Balaban J connectivity index is 2.22. The van der Waals surface area contributed by atoms with Gasteiger partial charge in [-0.1, -0.05) is 29.8 Å². The Morgan fingerprint density at radius 3 is 2.71 bits per heavy atom. The van der Waals surface area contributed by atoms with Gasteiger partial charge >= 0.3 is 0 Å². The van der Waals surface area contributed by atoms with Crippen molar-refractivity contribution in [3.63, 3.8) is 0 Å². The molecule has 0 amide bonds. The molecule has 0 N–H and O–H groups in total.